The molecule has 0 bridgehead atoms. The molecular formula is C10H19O4-. The van der Waals surface area contributed by atoms with Crippen LogP contribution in [0.3, 0.4) is 0 Å². The Morgan fingerprint density at radius 1 is 1.43 bits per heavy atom. The Bertz CT molecular complexity index is 177. The van der Waals surface area contributed by atoms with Crippen molar-refractivity contribution in [2.75, 3.05) is 0 Å². The van der Waals surface area contributed by atoms with Crippen LogP contribution in [0.25, 0.3) is 0 Å². The number of carbonyl (C=O) groups excluding carboxylic acids is 1. The summed E-state index contributed by atoms with van der Waals surface area (Å²) in [5, 5.41) is 10.6. The van der Waals surface area contributed by atoms with E-state index in [-0.39, 0.29) is 0 Å². The van der Waals surface area contributed by atoms with Crippen LogP contribution >= 0.6 is 0 Å². The van der Waals surface area contributed by atoms with E-state index in [0.717, 1.165) is 6.42 Å². The zero-order valence-electron chi connectivity index (χ0n) is 9.33. The van der Waals surface area contributed by atoms with E-state index in [9.17, 15) is 9.90 Å². The Balaban J connectivity index is 3.99. The molecule has 0 saturated heterocycles. The summed E-state index contributed by atoms with van der Waals surface area (Å²) < 4.78 is 0. The van der Waals surface area contributed by atoms with Gasteiger partial charge in [-0.2, -0.15) is 0 Å². The smallest absolute Gasteiger partial charge is 0.132 e. The fourth-order valence-corrected chi connectivity index (χ4v) is 0.715. The van der Waals surface area contributed by atoms with Gasteiger partial charge in [-0.1, -0.05) is 20.3 Å². The van der Waals surface area contributed by atoms with Gasteiger partial charge in [-0.3, -0.25) is 0 Å². The fraction of sp³-hybridized carbons (Fsp3) is 0.900. The highest BCUT2D eigenvalue weighted by atomic mass is 17.2. The minimum atomic E-state index is -1.22. The molecule has 0 heterocycles. The predicted octanol–water partition coefficient (Wildman–Crippen LogP) is 1.04. The standard InChI is InChI=1S/C10H20O4/c1-5-7-8(9(11)12)13-14-10(3,4)6-2/h8H,5-7H2,1-4H3,(H,11,12)/p-1. The van der Waals surface area contributed by atoms with Crippen molar-refractivity contribution in [3.8, 4) is 0 Å². The van der Waals surface area contributed by atoms with Gasteiger partial charge in [0.25, 0.3) is 0 Å². The molecule has 0 aromatic carbocycles. The molecule has 0 rings (SSSR count). The molecule has 0 aliphatic rings. The lowest BCUT2D eigenvalue weighted by Crippen LogP contribution is -2.39. The van der Waals surface area contributed by atoms with E-state index in [1.807, 2.05) is 27.7 Å². The number of rotatable bonds is 7. The Kier molecular flexibility index (Phi) is 5.72. The number of carboxylic acids is 1. The molecule has 4 heteroatoms. The fourth-order valence-electron chi connectivity index (χ4n) is 0.715. The lowest BCUT2D eigenvalue weighted by atomic mass is 10.1. The van der Waals surface area contributed by atoms with Crippen LogP contribution in [0.1, 0.15) is 47.0 Å². The Morgan fingerprint density at radius 3 is 2.36 bits per heavy atom. The van der Waals surface area contributed by atoms with Crippen molar-refractivity contribution >= 4 is 5.97 Å². The lowest BCUT2D eigenvalue weighted by Gasteiger charge is -2.25. The van der Waals surface area contributed by atoms with E-state index in [4.69, 9.17) is 9.78 Å². The van der Waals surface area contributed by atoms with Gasteiger partial charge in [-0.15, -0.1) is 0 Å². The molecule has 0 aromatic heterocycles. The quantitative estimate of drug-likeness (QED) is 0.458. The van der Waals surface area contributed by atoms with Gasteiger partial charge in [0.1, 0.15) is 6.10 Å². The monoisotopic (exact) mass is 203 g/mol. The number of hydrogen-bond donors (Lipinski definition) is 0. The predicted molar refractivity (Wildman–Crippen MR) is 50.2 cm³/mol. The van der Waals surface area contributed by atoms with E-state index < -0.39 is 17.7 Å². The van der Waals surface area contributed by atoms with Crippen LogP contribution in [0, 0.1) is 0 Å². The highest BCUT2D eigenvalue weighted by Crippen LogP contribution is 2.16. The summed E-state index contributed by atoms with van der Waals surface area (Å²) in [7, 11) is 0. The molecule has 0 N–H and O–H groups in total. The molecule has 84 valence electrons. The zero-order valence-corrected chi connectivity index (χ0v) is 9.33. The van der Waals surface area contributed by atoms with Crippen molar-refractivity contribution in [2.45, 2.75) is 58.7 Å². The van der Waals surface area contributed by atoms with Gasteiger partial charge in [0.2, 0.25) is 0 Å². The number of hydrogen-bond acceptors (Lipinski definition) is 4. The van der Waals surface area contributed by atoms with Crippen LogP contribution in [0.4, 0.5) is 0 Å². The van der Waals surface area contributed by atoms with Crippen molar-refractivity contribution < 1.29 is 19.7 Å². The second-order valence-electron chi connectivity index (χ2n) is 3.89. The van der Waals surface area contributed by atoms with Crippen molar-refractivity contribution in [3.05, 3.63) is 0 Å². The van der Waals surface area contributed by atoms with Crippen LogP contribution < -0.4 is 5.11 Å². The maximum Gasteiger partial charge on any atom is 0.132 e. The second-order valence-corrected chi connectivity index (χ2v) is 3.89. The maximum absolute atomic E-state index is 10.6. The van der Waals surface area contributed by atoms with E-state index in [0.29, 0.717) is 12.8 Å². The maximum atomic E-state index is 10.6. The van der Waals surface area contributed by atoms with Gasteiger partial charge in [-0.25, -0.2) is 9.78 Å². The first-order valence-corrected chi connectivity index (χ1v) is 4.98. The molecule has 0 fully saturated rings. The summed E-state index contributed by atoms with van der Waals surface area (Å²) >= 11 is 0. The molecule has 0 aliphatic carbocycles. The molecule has 14 heavy (non-hydrogen) atoms. The van der Waals surface area contributed by atoms with Crippen molar-refractivity contribution in [3.63, 3.8) is 0 Å². The largest absolute Gasteiger partial charge is 0.547 e. The third-order valence-corrected chi connectivity index (χ3v) is 2.06. The van der Waals surface area contributed by atoms with Crippen LogP contribution in [-0.4, -0.2) is 17.7 Å². The third kappa shape index (κ3) is 5.19. The Morgan fingerprint density at radius 2 is 2.00 bits per heavy atom. The molecule has 0 saturated carbocycles. The van der Waals surface area contributed by atoms with Crippen LogP contribution in [-0.2, 0) is 14.6 Å². The molecule has 1 atom stereocenters. The molecule has 0 aliphatic heterocycles. The molecule has 0 amide bonds. The van der Waals surface area contributed by atoms with Crippen LogP contribution in [0.5, 0.6) is 0 Å². The third-order valence-electron chi connectivity index (χ3n) is 2.06. The molecule has 4 nitrogen and oxygen atoms in total. The average molecular weight is 203 g/mol. The first-order valence-electron chi connectivity index (χ1n) is 4.98. The van der Waals surface area contributed by atoms with Gasteiger partial charge in [0.15, 0.2) is 0 Å². The van der Waals surface area contributed by atoms with Gasteiger partial charge < -0.3 is 9.90 Å². The molecule has 1 unspecified atom stereocenters. The molecule has 0 aromatic rings. The second kappa shape index (κ2) is 5.98. The first kappa shape index (κ1) is 13.4. The van der Waals surface area contributed by atoms with Gasteiger partial charge in [0, 0.05) is 0 Å². The van der Waals surface area contributed by atoms with E-state index in [1.54, 1.807) is 0 Å². The molecular weight excluding hydrogens is 184 g/mol. The van der Waals surface area contributed by atoms with Crippen LogP contribution in [0.2, 0.25) is 0 Å². The number of carbonyl (C=O) groups is 1. The summed E-state index contributed by atoms with van der Waals surface area (Å²) in [6, 6.07) is 0. The number of aliphatic carboxylic acids is 1. The highest BCUT2D eigenvalue weighted by Gasteiger charge is 2.20. The van der Waals surface area contributed by atoms with Crippen molar-refractivity contribution in [2.24, 2.45) is 0 Å². The Hall–Kier alpha value is -0.610. The molecule has 0 radical (unpaired) electrons. The van der Waals surface area contributed by atoms with Gasteiger partial charge in [0.05, 0.1) is 11.6 Å². The number of carboxylic acid groups (broad SMARTS) is 1. The SMILES string of the molecule is CCCC(OOC(C)(C)CC)C(=O)[O-]. The summed E-state index contributed by atoms with van der Waals surface area (Å²) in [6.07, 6.45) is 0.904. The minimum Gasteiger partial charge on any atom is -0.547 e. The summed E-state index contributed by atoms with van der Waals surface area (Å²) in [5.74, 6) is -1.22. The normalized spacial score (nSPS) is 14.0. The average Bonchev–Trinajstić information content (AvgIpc) is 2.12. The molecule has 0 spiro atoms. The Labute approximate surface area is 85.1 Å². The summed E-state index contributed by atoms with van der Waals surface area (Å²) in [5.41, 5.74) is -0.457. The van der Waals surface area contributed by atoms with E-state index >= 15 is 0 Å². The van der Waals surface area contributed by atoms with Gasteiger partial charge in [-0.05, 0) is 26.7 Å². The summed E-state index contributed by atoms with van der Waals surface area (Å²) in [6.45, 7) is 7.50. The first-order chi connectivity index (χ1) is 6.43. The van der Waals surface area contributed by atoms with Crippen LogP contribution in [0.15, 0.2) is 0 Å². The topological polar surface area (TPSA) is 58.6 Å². The lowest BCUT2D eigenvalue weighted by molar-refractivity contribution is -0.395. The summed E-state index contributed by atoms with van der Waals surface area (Å²) in [4.78, 5) is 20.4. The zero-order chi connectivity index (χ0) is 11.2. The van der Waals surface area contributed by atoms with E-state index in [1.165, 1.54) is 0 Å². The highest BCUT2D eigenvalue weighted by molar-refractivity contribution is 5.69. The van der Waals surface area contributed by atoms with Gasteiger partial charge >= 0.3 is 0 Å². The van der Waals surface area contributed by atoms with E-state index in [2.05, 4.69) is 0 Å². The van der Waals surface area contributed by atoms with Crippen molar-refractivity contribution in [1.82, 2.24) is 0 Å². The van der Waals surface area contributed by atoms with Crippen molar-refractivity contribution in [1.29, 1.82) is 0 Å². The minimum absolute atomic E-state index is 0.405.